The summed E-state index contributed by atoms with van der Waals surface area (Å²) in [5.41, 5.74) is 4.65. The molecule has 0 aliphatic rings. The van der Waals surface area contributed by atoms with Crippen molar-refractivity contribution >= 4 is 34.9 Å². The lowest BCUT2D eigenvalue weighted by atomic mass is 9.92. The molecular weight excluding hydrogens is 407 g/mol. The Hall–Kier alpha value is -1.88. The summed E-state index contributed by atoms with van der Waals surface area (Å²) < 4.78 is 0. The molecule has 0 unspecified atom stereocenters. The molecule has 0 bridgehead atoms. The van der Waals surface area contributed by atoms with E-state index in [0.29, 0.717) is 28.6 Å². The van der Waals surface area contributed by atoms with E-state index in [1.165, 1.54) is 5.56 Å². The fourth-order valence-corrected chi connectivity index (χ4v) is 3.60. The molecule has 2 aromatic rings. The molecule has 0 radical (unpaired) electrons. The molecule has 4 nitrogen and oxygen atoms in total. The molecule has 1 N–H and O–H groups in total. The van der Waals surface area contributed by atoms with Crippen molar-refractivity contribution in [3.05, 3.63) is 68.2 Å². The van der Waals surface area contributed by atoms with Crippen LogP contribution in [0.5, 0.6) is 0 Å². The van der Waals surface area contributed by atoms with Crippen LogP contribution in [0.3, 0.4) is 0 Å². The van der Waals surface area contributed by atoms with Gasteiger partial charge < -0.3 is 10.2 Å². The van der Waals surface area contributed by atoms with Crippen LogP contribution in [0.15, 0.2) is 30.3 Å². The van der Waals surface area contributed by atoms with Crippen LogP contribution in [-0.2, 0) is 6.42 Å². The van der Waals surface area contributed by atoms with E-state index >= 15 is 0 Å². The van der Waals surface area contributed by atoms with Crippen molar-refractivity contribution in [2.45, 2.75) is 39.7 Å². The van der Waals surface area contributed by atoms with Gasteiger partial charge in [-0.3, -0.25) is 9.59 Å². The highest BCUT2D eigenvalue weighted by Gasteiger charge is 2.18. The number of amides is 1. The largest absolute Gasteiger partial charge is 0.350 e. The molecule has 0 aliphatic heterocycles. The van der Waals surface area contributed by atoms with Crippen LogP contribution in [0.25, 0.3) is 0 Å². The third kappa shape index (κ3) is 6.05. The molecule has 29 heavy (non-hydrogen) atoms. The van der Waals surface area contributed by atoms with Crippen molar-refractivity contribution in [3.8, 4) is 0 Å². The number of carbonyl (C=O) groups is 2. The van der Waals surface area contributed by atoms with Gasteiger partial charge in [-0.05, 0) is 81.4 Å². The smallest absolute Gasteiger partial charge is 0.251 e. The normalized spacial score (nSPS) is 12.1. The number of halogens is 2. The highest BCUT2D eigenvalue weighted by Crippen LogP contribution is 2.23. The van der Waals surface area contributed by atoms with Crippen molar-refractivity contribution in [3.63, 3.8) is 0 Å². The third-order valence-corrected chi connectivity index (χ3v) is 5.93. The number of likely N-dealkylation sites (N-methyl/N-ethyl adjacent to an activating group) is 1. The SMILES string of the molecule is CCC(=O)c1cc(C)c(C[C@@H](CNC(=O)c2ccc(Cl)c(Cl)c2)N(C)C)c(C)c1. The summed E-state index contributed by atoms with van der Waals surface area (Å²) in [6.45, 7) is 6.44. The number of nitrogens with zero attached hydrogens (tertiary/aromatic N) is 1. The second-order valence-electron chi connectivity index (χ2n) is 7.53. The predicted molar refractivity (Wildman–Crippen MR) is 121 cm³/mol. The lowest BCUT2D eigenvalue weighted by Crippen LogP contribution is -2.41. The first-order valence-electron chi connectivity index (χ1n) is 9.67. The van der Waals surface area contributed by atoms with Crippen molar-refractivity contribution in [2.24, 2.45) is 0 Å². The number of hydrogen-bond donors (Lipinski definition) is 1. The fourth-order valence-electron chi connectivity index (χ4n) is 3.30. The first-order chi connectivity index (χ1) is 13.6. The number of Topliss-reactive ketones (excluding diaryl/α,β-unsaturated/α-hetero) is 1. The lowest BCUT2D eigenvalue weighted by molar-refractivity contribution is 0.0940. The van der Waals surface area contributed by atoms with Gasteiger partial charge in [0.05, 0.1) is 10.0 Å². The van der Waals surface area contributed by atoms with Crippen LogP contribution < -0.4 is 5.32 Å². The van der Waals surface area contributed by atoms with Crippen LogP contribution in [0.4, 0.5) is 0 Å². The van der Waals surface area contributed by atoms with Crippen LogP contribution in [-0.4, -0.2) is 43.3 Å². The minimum absolute atomic E-state index is 0.104. The number of ketones is 1. The standard InChI is InChI=1S/C23H28Cl2N2O2/c1-6-22(28)17-9-14(2)19(15(3)10-17)12-18(27(4)5)13-26-23(29)16-7-8-20(24)21(25)11-16/h7-11,18H,6,12-13H2,1-5H3,(H,26,29)/t18-/m0/s1. The summed E-state index contributed by atoms with van der Waals surface area (Å²) in [5.74, 6) is -0.0338. The molecule has 0 aromatic heterocycles. The van der Waals surface area contributed by atoms with Crippen molar-refractivity contribution in [1.29, 1.82) is 0 Å². The maximum absolute atomic E-state index is 12.5. The van der Waals surface area contributed by atoms with E-state index in [2.05, 4.69) is 10.2 Å². The van der Waals surface area contributed by atoms with Gasteiger partial charge in [0, 0.05) is 30.1 Å². The first kappa shape index (κ1) is 23.4. The summed E-state index contributed by atoms with van der Waals surface area (Å²) in [5, 5.41) is 3.77. The Morgan fingerprint density at radius 3 is 2.14 bits per heavy atom. The Labute approximate surface area is 183 Å². The molecule has 1 amide bonds. The molecule has 2 rings (SSSR count). The van der Waals surface area contributed by atoms with Gasteiger partial charge in [-0.15, -0.1) is 0 Å². The number of carbonyl (C=O) groups excluding carboxylic acids is 2. The fraction of sp³-hybridized carbons (Fsp3) is 0.391. The average molecular weight is 435 g/mol. The molecule has 1 atom stereocenters. The van der Waals surface area contributed by atoms with Gasteiger partial charge in [0.15, 0.2) is 5.78 Å². The zero-order valence-corrected chi connectivity index (χ0v) is 19.1. The molecule has 0 spiro atoms. The average Bonchev–Trinajstić information content (AvgIpc) is 2.67. The third-order valence-electron chi connectivity index (χ3n) is 5.19. The summed E-state index contributed by atoms with van der Waals surface area (Å²) in [4.78, 5) is 26.6. The van der Waals surface area contributed by atoms with Crippen molar-refractivity contribution in [2.75, 3.05) is 20.6 Å². The number of benzene rings is 2. The Balaban J connectivity index is 2.13. The molecule has 0 saturated carbocycles. The minimum atomic E-state index is -0.187. The van der Waals surface area contributed by atoms with Gasteiger partial charge >= 0.3 is 0 Å². The quantitative estimate of drug-likeness (QED) is 0.587. The zero-order chi connectivity index (χ0) is 21.7. The highest BCUT2D eigenvalue weighted by molar-refractivity contribution is 6.42. The maximum Gasteiger partial charge on any atom is 0.251 e. The molecule has 0 aliphatic carbocycles. The molecule has 2 aromatic carbocycles. The Kier molecular flexibility index (Phi) is 8.26. The maximum atomic E-state index is 12.5. The van der Waals surface area contributed by atoms with Gasteiger partial charge in [0.2, 0.25) is 0 Å². The number of hydrogen-bond acceptors (Lipinski definition) is 3. The summed E-state index contributed by atoms with van der Waals surface area (Å²) in [6.07, 6.45) is 1.27. The Bertz CT molecular complexity index is 887. The number of aryl methyl sites for hydroxylation is 2. The highest BCUT2D eigenvalue weighted by atomic mass is 35.5. The van der Waals surface area contributed by atoms with Crippen LogP contribution in [0.1, 0.15) is 50.8 Å². The van der Waals surface area contributed by atoms with Crippen LogP contribution in [0.2, 0.25) is 10.0 Å². The first-order valence-corrected chi connectivity index (χ1v) is 10.4. The minimum Gasteiger partial charge on any atom is -0.350 e. The van der Waals surface area contributed by atoms with Crippen molar-refractivity contribution in [1.82, 2.24) is 10.2 Å². The summed E-state index contributed by atoms with van der Waals surface area (Å²) in [7, 11) is 3.99. The van der Waals surface area contributed by atoms with Gasteiger partial charge in [-0.25, -0.2) is 0 Å². The van der Waals surface area contributed by atoms with Crippen molar-refractivity contribution < 1.29 is 9.59 Å². The molecule has 6 heteroatoms. The zero-order valence-electron chi connectivity index (χ0n) is 17.6. The van der Waals surface area contributed by atoms with E-state index in [0.717, 1.165) is 23.1 Å². The topological polar surface area (TPSA) is 49.4 Å². The predicted octanol–water partition coefficient (Wildman–Crippen LogP) is 5.11. The van der Waals surface area contributed by atoms with E-state index in [-0.39, 0.29) is 17.7 Å². The van der Waals surface area contributed by atoms with E-state index in [1.807, 2.05) is 47.0 Å². The number of nitrogens with one attached hydrogen (secondary N) is 1. The van der Waals surface area contributed by atoms with E-state index in [4.69, 9.17) is 23.2 Å². The molecule has 0 fully saturated rings. The molecule has 0 saturated heterocycles. The molecule has 0 heterocycles. The van der Waals surface area contributed by atoms with Gasteiger partial charge in [-0.1, -0.05) is 30.1 Å². The van der Waals surface area contributed by atoms with Gasteiger partial charge in [0.1, 0.15) is 0 Å². The molecule has 156 valence electrons. The lowest BCUT2D eigenvalue weighted by Gasteiger charge is -2.26. The van der Waals surface area contributed by atoms with Crippen LogP contribution >= 0.6 is 23.2 Å². The van der Waals surface area contributed by atoms with E-state index in [9.17, 15) is 9.59 Å². The van der Waals surface area contributed by atoms with E-state index in [1.54, 1.807) is 18.2 Å². The van der Waals surface area contributed by atoms with Crippen LogP contribution in [0, 0.1) is 13.8 Å². The van der Waals surface area contributed by atoms with E-state index < -0.39 is 0 Å². The van der Waals surface area contributed by atoms with Gasteiger partial charge in [0.25, 0.3) is 5.91 Å². The Morgan fingerprint density at radius 1 is 1.00 bits per heavy atom. The van der Waals surface area contributed by atoms with Gasteiger partial charge in [-0.2, -0.15) is 0 Å². The summed E-state index contributed by atoms with van der Waals surface area (Å²) >= 11 is 11.9. The summed E-state index contributed by atoms with van der Waals surface area (Å²) in [6, 6.07) is 8.89. The second-order valence-corrected chi connectivity index (χ2v) is 8.34. The monoisotopic (exact) mass is 434 g/mol. The Morgan fingerprint density at radius 2 is 1.62 bits per heavy atom. The second kappa shape index (κ2) is 10.2. The molecular formula is C23H28Cl2N2O2. The number of rotatable bonds is 8.